The van der Waals surface area contributed by atoms with Crippen molar-refractivity contribution in [2.75, 3.05) is 18.3 Å². The average molecular weight is 316 g/mol. The molecule has 0 unspecified atom stereocenters. The molecule has 1 aromatic carbocycles. The predicted molar refractivity (Wildman–Crippen MR) is 75.7 cm³/mol. The molecule has 5 nitrogen and oxygen atoms in total. The van der Waals surface area contributed by atoms with Crippen LogP contribution in [0.3, 0.4) is 0 Å². The number of thiazole rings is 1. The number of aromatic nitrogens is 1. The van der Waals surface area contributed by atoms with Crippen molar-refractivity contribution in [1.82, 2.24) is 4.98 Å². The van der Waals surface area contributed by atoms with E-state index in [1.54, 1.807) is 5.38 Å². The maximum Gasteiger partial charge on any atom is 0.419 e. The van der Waals surface area contributed by atoms with E-state index >= 15 is 0 Å². The molecule has 2 aromatic rings. The maximum absolute atomic E-state index is 12.7. The van der Waals surface area contributed by atoms with Gasteiger partial charge in [-0.1, -0.05) is 6.07 Å². The Morgan fingerprint density at radius 1 is 1.43 bits per heavy atom. The summed E-state index contributed by atoms with van der Waals surface area (Å²) in [5, 5.41) is 6.00. The molecule has 3 N–H and O–H groups in total. The minimum atomic E-state index is -4.46. The number of hydrazone groups is 1. The molecule has 0 saturated heterocycles. The molecule has 0 radical (unpaired) electrons. The molecule has 21 heavy (non-hydrogen) atoms. The van der Waals surface area contributed by atoms with Gasteiger partial charge in [-0.2, -0.15) is 18.3 Å². The van der Waals surface area contributed by atoms with E-state index in [0.717, 1.165) is 6.07 Å². The second-order valence-electron chi connectivity index (χ2n) is 3.91. The van der Waals surface area contributed by atoms with Crippen LogP contribution in [-0.2, 0) is 6.18 Å². The third kappa shape index (κ3) is 3.85. The van der Waals surface area contributed by atoms with Crippen LogP contribution in [0.4, 0.5) is 24.1 Å². The Bertz CT molecular complexity index is 654. The van der Waals surface area contributed by atoms with Gasteiger partial charge in [-0.25, -0.2) is 4.98 Å². The highest BCUT2D eigenvalue weighted by molar-refractivity contribution is 7.14. The summed E-state index contributed by atoms with van der Waals surface area (Å²) in [6.45, 7) is 0. The normalized spacial score (nSPS) is 11.8. The number of benzene rings is 1. The molecule has 0 aliphatic carbocycles. The van der Waals surface area contributed by atoms with Crippen LogP contribution in [-0.4, -0.2) is 18.3 Å². The van der Waals surface area contributed by atoms with Crippen molar-refractivity contribution in [3.63, 3.8) is 0 Å². The van der Waals surface area contributed by atoms with Gasteiger partial charge < -0.3 is 10.5 Å². The lowest BCUT2D eigenvalue weighted by molar-refractivity contribution is -0.138. The fourth-order valence-corrected chi connectivity index (χ4v) is 2.07. The van der Waals surface area contributed by atoms with Crippen molar-refractivity contribution in [1.29, 1.82) is 0 Å². The lowest BCUT2D eigenvalue weighted by atomic mass is 10.1. The topological polar surface area (TPSA) is 72.5 Å². The standard InChI is InChI=1S/C12H11F3N4OS/c1-20-9-4-7(2-3-8(9)12(13,14)15)5-17-19-11-18-10(16)6-21-11/h2-6H,16H2,1H3,(H,18,19). The number of nitrogens with zero attached hydrogens (tertiary/aromatic N) is 2. The average Bonchev–Trinajstić information content (AvgIpc) is 2.83. The number of anilines is 2. The number of methoxy groups -OCH3 is 1. The number of halogens is 3. The van der Waals surface area contributed by atoms with Crippen molar-refractivity contribution in [2.45, 2.75) is 6.18 Å². The van der Waals surface area contributed by atoms with Crippen LogP contribution < -0.4 is 15.9 Å². The van der Waals surface area contributed by atoms with Gasteiger partial charge >= 0.3 is 6.18 Å². The number of nitrogens with two attached hydrogens (primary N) is 1. The highest BCUT2D eigenvalue weighted by Crippen LogP contribution is 2.36. The van der Waals surface area contributed by atoms with Gasteiger partial charge in [0, 0.05) is 5.38 Å². The van der Waals surface area contributed by atoms with E-state index < -0.39 is 11.7 Å². The molecule has 1 aromatic heterocycles. The van der Waals surface area contributed by atoms with Gasteiger partial charge in [0.1, 0.15) is 11.6 Å². The lowest BCUT2D eigenvalue weighted by Gasteiger charge is -2.11. The van der Waals surface area contributed by atoms with Gasteiger partial charge in [-0.15, -0.1) is 11.3 Å². The van der Waals surface area contributed by atoms with E-state index in [4.69, 9.17) is 10.5 Å². The summed E-state index contributed by atoms with van der Waals surface area (Å²) < 4.78 is 42.8. The molecule has 0 saturated carbocycles. The monoisotopic (exact) mass is 316 g/mol. The highest BCUT2D eigenvalue weighted by atomic mass is 32.1. The quantitative estimate of drug-likeness (QED) is 0.671. The Kier molecular flexibility index (Phi) is 4.32. The SMILES string of the molecule is COc1cc(C=NNc2nc(N)cs2)ccc1C(F)(F)F. The van der Waals surface area contributed by atoms with Gasteiger partial charge in [0.05, 0.1) is 18.9 Å². The molecule has 1 heterocycles. The van der Waals surface area contributed by atoms with Crippen molar-refractivity contribution in [3.05, 3.63) is 34.7 Å². The first kappa shape index (κ1) is 15.1. The molecule has 0 aliphatic heterocycles. The first-order chi connectivity index (χ1) is 9.90. The van der Waals surface area contributed by atoms with Crippen molar-refractivity contribution < 1.29 is 17.9 Å². The smallest absolute Gasteiger partial charge is 0.419 e. The van der Waals surface area contributed by atoms with Crippen LogP contribution in [0, 0.1) is 0 Å². The fraction of sp³-hybridized carbons (Fsp3) is 0.167. The van der Waals surface area contributed by atoms with Crippen molar-refractivity contribution in [2.24, 2.45) is 5.10 Å². The Morgan fingerprint density at radius 3 is 2.76 bits per heavy atom. The van der Waals surface area contributed by atoms with E-state index in [-0.39, 0.29) is 5.75 Å². The number of nitrogen functional groups attached to an aromatic ring is 1. The molecule has 0 amide bonds. The van der Waals surface area contributed by atoms with E-state index in [2.05, 4.69) is 15.5 Å². The Hall–Kier alpha value is -2.29. The summed E-state index contributed by atoms with van der Waals surface area (Å²) in [4.78, 5) is 3.92. The number of nitrogens with one attached hydrogen (secondary N) is 1. The number of ether oxygens (including phenoxy) is 1. The highest BCUT2D eigenvalue weighted by Gasteiger charge is 2.34. The fourth-order valence-electron chi connectivity index (χ4n) is 1.52. The minimum Gasteiger partial charge on any atom is -0.496 e. The molecular formula is C12H11F3N4OS. The lowest BCUT2D eigenvalue weighted by Crippen LogP contribution is -2.07. The van der Waals surface area contributed by atoms with Gasteiger partial charge in [0.25, 0.3) is 0 Å². The molecular weight excluding hydrogens is 305 g/mol. The zero-order valence-corrected chi connectivity index (χ0v) is 11.6. The number of alkyl halides is 3. The van der Waals surface area contributed by atoms with Gasteiger partial charge in [-0.3, -0.25) is 5.43 Å². The number of hydrogen-bond donors (Lipinski definition) is 2. The number of hydrogen-bond acceptors (Lipinski definition) is 6. The zero-order chi connectivity index (χ0) is 15.5. The molecule has 0 aliphatic rings. The van der Waals surface area contributed by atoms with Crippen molar-refractivity contribution >= 4 is 28.5 Å². The minimum absolute atomic E-state index is 0.259. The van der Waals surface area contributed by atoms with E-state index in [1.165, 1.54) is 36.8 Å². The second-order valence-corrected chi connectivity index (χ2v) is 4.76. The predicted octanol–water partition coefficient (Wildman–Crippen LogP) is 3.20. The maximum atomic E-state index is 12.7. The Morgan fingerprint density at radius 2 is 2.19 bits per heavy atom. The molecule has 112 valence electrons. The third-order valence-electron chi connectivity index (χ3n) is 2.43. The molecule has 0 spiro atoms. The molecule has 9 heteroatoms. The Labute approximate surface area is 122 Å². The van der Waals surface area contributed by atoms with Crippen LogP contribution in [0.1, 0.15) is 11.1 Å². The van der Waals surface area contributed by atoms with Crippen LogP contribution in [0.2, 0.25) is 0 Å². The zero-order valence-electron chi connectivity index (χ0n) is 10.8. The van der Waals surface area contributed by atoms with Crippen LogP contribution in [0.25, 0.3) is 0 Å². The summed E-state index contributed by atoms with van der Waals surface area (Å²) in [6, 6.07) is 3.50. The summed E-state index contributed by atoms with van der Waals surface area (Å²) in [6.07, 6.45) is -3.10. The van der Waals surface area contributed by atoms with E-state index in [0.29, 0.717) is 16.5 Å². The largest absolute Gasteiger partial charge is 0.496 e. The van der Waals surface area contributed by atoms with Crippen molar-refractivity contribution in [3.8, 4) is 5.75 Å². The number of rotatable bonds is 4. The summed E-state index contributed by atoms with van der Waals surface area (Å²) in [5.41, 5.74) is 7.70. The first-order valence-corrected chi connectivity index (χ1v) is 6.53. The summed E-state index contributed by atoms with van der Waals surface area (Å²) >= 11 is 1.26. The third-order valence-corrected chi connectivity index (χ3v) is 3.19. The second kappa shape index (κ2) is 6.00. The van der Waals surface area contributed by atoms with Gasteiger partial charge in [-0.05, 0) is 17.7 Å². The van der Waals surface area contributed by atoms with E-state index in [9.17, 15) is 13.2 Å². The Balaban J connectivity index is 2.14. The summed E-state index contributed by atoms with van der Waals surface area (Å²) in [5.74, 6) is 0.110. The van der Waals surface area contributed by atoms with E-state index in [1.807, 2.05) is 0 Å². The molecule has 0 fully saturated rings. The first-order valence-electron chi connectivity index (χ1n) is 5.65. The van der Waals surface area contributed by atoms with Crippen LogP contribution in [0.15, 0.2) is 28.7 Å². The van der Waals surface area contributed by atoms with Crippen LogP contribution in [0.5, 0.6) is 5.75 Å². The van der Waals surface area contributed by atoms with Crippen LogP contribution >= 0.6 is 11.3 Å². The molecule has 2 rings (SSSR count). The molecule has 0 bridgehead atoms. The van der Waals surface area contributed by atoms with Gasteiger partial charge in [0.2, 0.25) is 5.13 Å². The molecule has 0 atom stereocenters. The van der Waals surface area contributed by atoms with Gasteiger partial charge in [0.15, 0.2) is 0 Å². The summed E-state index contributed by atoms with van der Waals surface area (Å²) in [7, 11) is 1.18.